The van der Waals surface area contributed by atoms with Crippen molar-refractivity contribution < 1.29 is 14.6 Å². The maximum atomic E-state index is 12.4. The largest absolute Gasteiger partial charge is 0.494 e. The van der Waals surface area contributed by atoms with Crippen molar-refractivity contribution in [2.24, 2.45) is 0 Å². The molecule has 0 aliphatic heterocycles. The quantitative estimate of drug-likeness (QED) is 0.847. The van der Waals surface area contributed by atoms with Gasteiger partial charge in [0.2, 0.25) is 0 Å². The highest BCUT2D eigenvalue weighted by molar-refractivity contribution is 5.95. The fraction of sp³-hybridized carbons (Fsp3) is 0.588. The summed E-state index contributed by atoms with van der Waals surface area (Å²) in [5.74, 6) is 0.582. The molecule has 0 heterocycles. The molecule has 0 aromatic heterocycles. The van der Waals surface area contributed by atoms with Crippen LogP contribution >= 0.6 is 0 Å². The summed E-state index contributed by atoms with van der Waals surface area (Å²) in [6.45, 7) is 2.70. The third-order valence-electron chi connectivity index (χ3n) is 4.06. The number of hydrogen-bond donors (Lipinski definition) is 2. The van der Waals surface area contributed by atoms with Crippen molar-refractivity contribution in [2.75, 3.05) is 13.2 Å². The minimum atomic E-state index is -0.449. The molecule has 1 aromatic carbocycles. The fourth-order valence-electron chi connectivity index (χ4n) is 2.81. The van der Waals surface area contributed by atoms with Crippen molar-refractivity contribution in [3.8, 4) is 5.75 Å². The van der Waals surface area contributed by atoms with Crippen molar-refractivity contribution in [2.45, 2.75) is 51.0 Å². The van der Waals surface area contributed by atoms with E-state index in [1.807, 2.05) is 19.1 Å². The van der Waals surface area contributed by atoms with E-state index >= 15 is 0 Å². The van der Waals surface area contributed by atoms with Crippen molar-refractivity contribution in [3.05, 3.63) is 29.8 Å². The lowest BCUT2D eigenvalue weighted by Crippen LogP contribution is -2.52. The summed E-state index contributed by atoms with van der Waals surface area (Å²) in [6.07, 6.45) is 5.92. The maximum absolute atomic E-state index is 12.4. The Morgan fingerprint density at radius 2 is 2.10 bits per heavy atom. The molecular formula is C17H25NO3. The van der Waals surface area contributed by atoms with Crippen LogP contribution in [0.4, 0.5) is 0 Å². The van der Waals surface area contributed by atoms with Crippen LogP contribution in [0.5, 0.6) is 5.75 Å². The van der Waals surface area contributed by atoms with Gasteiger partial charge in [-0.15, -0.1) is 0 Å². The van der Waals surface area contributed by atoms with E-state index in [-0.39, 0.29) is 12.5 Å². The molecule has 0 atom stereocenters. The molecule has 1 aliphatic rings. The molecule has 1 aromatic rings. The highest BCUT2D eigenvalue weighted by atomic mass is 16.5. The van der Waals surface area contributed by atoms with Gasteiger partial charge in [0, 0.05) is 5.56 Å². The van der Waals surface area contributed by atoms with Crippen molar-refractivity contribution in [1.29, 1.82) is 0 Å². The smallest absolute Gasteiger partial charge is 0.251 e. The molecule has 0 radical (unpaired) electrons. The first-order valence-electron chi connectivity index (χ1n) is 7.85. The van der Waals surface area contributed by atoms with Crippen molar-refractivity contribution >= 4 is 5.91 Å². The lowest BCUT2D eigenvalue weighted by molar-refractivity contribution is 0.0758. The van der Waals surface area contributed by atoms with E-state index in [0.29, 0.717) is 17.9 Å². The number of carbonyl (C=O) groups is 1. The molecule has 2 N–H and O–H groups in total. The summed E-state index contributed by atoms with van der Waals surface area (Å²) >= 11 is 0. The molecule has 21 heavy (non-hydrogen) atoms. The van der Waals surface area contributed by atoms with E-state index < -0.39 is 5.54 Å². The van der Waals surface area contributed by atoms with E-state index in [2.05, 4.69) is 5.32 Å². The first-order chi connectivity index (χ1) is 10.2. The summed E-state index contributed by atoms with van der Waals surface area (Å²) in [7, 11) is 0. The summed E-state index contributed by atoms with van der Waals surface area (Å²) in [5.41, 5.74) is 0.136. The van der Waals surface area contributed by atoms with Gasteiger partial charge in [0.15, 0.2) is 0 Å². The van der Waals surface area contributed by atoms with Gasteiger partial charge in [0.05, 0.1) is 18.8 Å². The van der Waals surface area contributed by atoms with Gasteiger partial charge in [-0.2, -0.15) is 0 Å². The van der Waals surface area contributed by atoms with Crippen LogP contribution in [0.25, 0.3) is 0 Å². The van der Waals surface area contributed by atoms with E-state index in [1.54, 1.807) is 12.1 Å². The Kier molecular flexibility index (Phi) is 5.62. The molecule has 1 saturated carbocycles. The molecule has 1 amide bonds. The Morgan fingerprint density at radius 1 is 1.33 bits per heavy atom. The summed E-state index contributed by atoms with van der Waals surface area (Å²) in [4.78, 5) is 12.4. The van der Waals surface area contributed by atoms with Gasteiger partial charge >= 0.3 is 0 Å². The predicted molar refractivity (Wildman–Crippen MR) is 82.6 cm³/mol. The number of aliphatic hydroxyl groups is 1. The predicted octanol–water partition coefficient (Wildman–Crippen LogP) is 2.90. The number of nitrogens with one attached hydrogen (secondary N) is 1. The Hall–Kier alpha value is -1.55. The van der Waals surface area contributed by atoms with E-state index in [4.69, 9.17) is 4.74 Å². The van der Waals surface area contributed by atoms with Gasteiger partial charge in [0.25, 0.3) is 5.91 Å². The SMILES string of the molecule is CCCOc1cccc(C(=O)NC2(CO)CCCCC2)c1. The van der Waals surface area contributed by atoms with Crippen LogP contribution in [0.3, 0.4) is 0 Å². The molecule has 1 fully saturated rings. The number of aliphatic hydroxyl groups excluding tert-OH is 1. The molecule has 4 heteroatoms. The van der Waals surface area contributed by atoms with Gasteiger partial charge in [-0.3, -0.25) is 4.79 Å². The van der Waals surface area contributed by atoms with Gasteiger partial charge in [-0.1, -0.05) is 32.3 Å². The Balaban J connectivity index is 2.05. The third kappa shape index (κ3) is 4.21. The van der Waals surface area contributed by atoms with Crippen LogP contribution in [-0.4, -0.2) is 29.8 Å². The van der Waals surface area contributed by atoms with E-state index in [1.165, 1.54) is 6.42 Å². The van der Waals surface area contributed by atoms with Gasteiger partial charge in [0.1, 0.15) is 5.75 Å². The van der Waals surface area contributed by atoms with Gasteiger partial charge in [-0.25, -0.2) is 0 Å². The first-order valence-corrected chi connectivity index (χ1v) is 7.85. The zero-order valence-corrected chi connectivity index (χ0v) is 12.7. The highest BCUT2D eigenvalue weighted by Gasteiger charge is 2.33. The maximum Gasteiger partial charge on any atom is 0.251 e. The van der Waals surface area contributed by atoms with Gasteiger partial charge in [-0.05, 0) is 37.5 Å². The topological polar surface area (TPSA) is 58.6 Å². The molecule has 0 spiro atoms. The second-order valence-electron chi connectivity index (χ2n) is 5.83. The second-order valence-corrected chi connectivity index (χ2v) is 5.83. The summed E-state index contributed by atoms with van der Waals surface area (Å²) in [5, 5.41) is 12.7. The molecule has 0 unspecified atom stereocenters. The number of amides is 1. The first kappa shape index (κ1) is 15.8. The average molecular weight is 291 g/mol. The molecule has 116 valence electrons. The molecule has 2 rings (SSSR count). The van der Waals surface area contributed by atoms with Crippen LogP contribution in [0.1, 0.15) is 55.8 Å². The van der Waals surface area contributed by atoms with Crippen molar-refractivity contribution in [1.82, 2.24) is 5.32 Å². The van der Waals surface area contributed by atoms with E-state index in [9.17, 15) is 9.90 Å². The number of rotatable bonds is 6. The number of hydrogen-bond acceptors (Lipinski definition) is 3. The Bertz CT molecular complexity index is 467. The van der Waals surface area contributed by atoms with E-state index in [0.717, 1.165) is 32.1 Å². The standard InChI is InChI=1S/C17H25NO3/c1-2-11-21-15-8-6-7-14(12-15)16(20)18-17(13-19)9-4-3-5-10-17/h6-8,12,19H,2-5,9-11,13H2,1H3,(H,18,20). The van der Waals surface area contributed by atoms with Crippen molar-refractivity contribution in [3.63, 3.8) is 0 Å². The number of benzene rings is 1. The minimum absolute atomic E-state index is 0.00473. The molecule has 4 nitrogen and oxygen atoms in total. The fourth-order valence-corrected chi connectivity index (χ4v) is 2.81. The number of carbonyl (C=O) groups excluding carboxylic acids is 1. The van der Waals surface area contributed by atoms with Gasteiger partial charge < -0.3 is 15.2 Å². The zero-order chi connectivity index (χ0) is 15.1. The molecule has 0 saturated heterocycles. The third-order valence-corrected chi connectivity index (χ3v) is 4.06. The molecular weight excluding hydrogens is 266 g/mol. The Morgan fingerprint density at radius 3 is 2.76 bits per heavy atom. The van der Waals surface area contributed by atoms with Crippen LogP contribution in [-0.2, 0) is 0 Å². The lowest BCUT2D eigenvalue weighted by atomic mass is 9.82. The van der Waals surface area contributed by atoms with Crippen LogP contribution in [0, 0.1) is 0 Å². The minimum Gasteiger partial charge on any atom is -0.494 e. The summed E-state index contributed by atoms with van der Waals surface area (Å²) in [6, 6.07) is 7.22. The Labute approximate surface area is 126 Å². The zero-order valence-electron chi connectivity index (χ0n) is 12.7. The molecule has 1 aliphatic carbocycles. The molecule has 0 bridgehead atoms. The lowest BCUT2D eigenvalue weighted by Gasteiger charge is -2.36. The second kappa shape index (κ2) is 7.46. The van der Waals surface area contributed by atoms with Crippen LogP contribution in [0.2, 0.25) is 0 Å². The normalized spacial score (nSPS) is 17.2. The van der Waals surface area contributed by atoms with Crippen LogP contribution < -0.4 is 10.1 Å². The average Bonchev–Trinajstić information content (AvgIpc) is 2.54. The monoisotopic (exact) mass is 291 g/mol. The summed E-state index contributed by atoms with van der Waals surface area (Å²) < 4.78 is 5.56. The number of ether oxygens (including phenoxy) is 1. The highest BCUT2D eigenvalue weighted by Crippen LogP contribution is 2.28. The van der Waals surface area contributed by atoms with Crippen LogP contribution in [0.15, 0.2) is 24.3 Å².